The lowest BCUT2D eigenvalue weighted by Gasteiger charge is -2.07. The highest BCUT2D eigenvalue weighted by molar-refractivity contribution is 7.99. The average molecular weight is 223 g/mol. The molecule has 0 aliphatic rings. The van der Waals surface area contributed by atoms with Crippen LogP contribution in [0.1, 0.15) is 13.8 Å². The number of nitrogens with two attached hydrogens (primary N) is 1. The van der Waals surface area contributed by atoms with Crippen molar-refractivity contribution in [3.63, 3.8) is 0 Å². The number of hydrogen-bond acceptors (Lipinski definition) is 3. The molecular weight excluding hydrogens is 206 g/mol. The summed E-state index contributed by atoms with van der Waals surface area (Å²) in [5.74, 6) is 1.81. The van der Waals surface area contributed by atoms with Crippen LogP contribution >= 0.6 is 11.8 Å². The molecule has 0 aliphatic carbocycles. The zero-order chi connectivity index (χ0) is 11.3. The molecule has 1 rings (SSSR count). The van der Waals surface area contributed by atoms with Gasteiger partial charge in [0.2, 0.25) is 0 Å². The second kappa shape index (κ2) is 5.71. The first-order chi connectivity index (χ1) is 7.13. The van der Waals surface area contributed by atoms with Gasteiger partial charge in [0.05, 0.1) is 7.11 Å². The number of nitrogen functional groups attached to an aromatic ring is 1. The first-order valence-corrected chi connectivity index (χ1v) is 5.81. The molecule has 0 spiro atoms. The molecule has 0 aliphatic heterocycles. The predicted molar refractivity (Wildman–Crippen MR) is 67.6 cm³/mol. The Morgan fingerprint density at radius 3 is 2.80 bits per heavy atom. The van der Waals surface area contributed by atoms with Crippen LogP contribution in [0.2, 0.25) is 0 Å². The summed E-state index contributed by atoms with van der Waals surface area (Å²) in [6.45, 7) is 4.20. The lowest BCUT2D eigenvalue weighted by atomic mass is 10.3. The van der Waals surface area contributed by atoms with Gasteiger partial charge >= 0.3 is 0 Å². The zero-order valence-electron chi connectivity index (χ0n) is 9.41. The fourth-order valence-electron chi connectivity index (χ4n) is 1.10. The van der Waals surface area contributed by atoms with Gasteiger partial charge in [-0.25, -0.2) is 0 Å². The Morgan fingerprint density at radius 1 is 1.47 bits per heavy atom. The molecule has 0 radical (unpaired) electrons. The van der Waals surface area contributed by atoms with Gasteiger partial charge in [0.1, 0.15) is 5.75 Å². The molecule has 1 aromatic carbocycles. The molecule has 82 valence electrons. The number of thioether (sulfide) groups is 1. The lowest BCUT2D eigenvalue weighted by Crippen LogP contribution is -1.90. The van der Waals surface area contributed by atoms with Crippen LogP contribution in [-0.2, 0) is 0 Å². The van der Waals surface area contributed by atoms with Crippen LogP contribution < -0.4 is 10.5 Å². The van der Waals surface area contributed by atoms with Crippen LogP contribution in [0.25, 0.3) is 0 Å². The van der Waals surface area contributed by atoms with Crippen molar-refractivity contribution in [3.05, 3.63) is 29.8 Å². The lowest BCUT2D eigenvalue weighted by molar-refractivity contribution is 0.405. The monoisotopic (exact) mass is 223 g/mol. The number of methoxy groups -OCH3 is 1. The van der Waals surface area contributed by atoms with Gasteiger partial charge in [0, 0.05) is 22.4 Å². The van der Waals surface area contributed by atoms with Gasteiger partial charge in [-0.05, 0) is 26.0 Å². The molecule has 3 heteroatoms. The summed E-state index contributed by atoms with van der Waals surface area (Å²) >= 11 is 1.75. The van der Waals surface area contributed by atoms with E-state index in [0.29, 0.717) is 0 Å². The van der Waals surface area contributed by atoms with E-state index < -0.39 is 0 Å². The number of anilines is 1. The second-order valence-electron chi connectivity index (χ2n) is 3.50. The minimum atomic E-state index is 0.735. The summed E-state index contributed by atoms with van der Waals surface area (Å²) in [5.41, 5.74) is 7.74. The fourth-order valence-corrected chi connectivity index (χ4v) is 2.15. The van der Waals surface area contributed by atoms with Crippen LogP contribution in [-0.4, -0.2) is 12.9 Å². The van der Waals surface area contributed by atoms with E-state index in [0.717, 1.165) is 22.1 Å². The Balaban J connectivity index is 2.72. The summed E-state index contributed by atoms with van der Waals surface area (Å²) in [7, 11) is 1.67. The van der Waals surface area contributed by atoms with E-state index >= 15 is 0 Å². The maximum absolute atomic E-state index is 5.68. The van der Waals surface area contributed by atoms with E-state index in [1.165, 1.54) is 5.57 Å². The van der Waals surface area contributed by atoms with Gasteiger partial charge in [-0.2, -0.15) is 0 Å². The first kappa shape index (κ1) is 12.0. The van der Waals surface area contributed by atoms with Gasteiger partial charge in [0.15, 0.2) is 0 Å². The minimum absolute atomic E-state index is 0.735. The van der Waals surface area contributed by atoms with Crippen LogP contribution in [0, 0.1) is 0 Å². The third kappa shape index (κ3) is 3.88. The van der Waals surface area contributed by atoms with E-state index in [2.05, 4.69) is 19.9 Å². The highest BCUT2D eigenvalue weighted by atomic mass is 32.2. The van der Waals surface area contributed by atoms with Crippen LogP contribution in [0.5, 0.6) is 5.75 Å². The number of allylic oxidation sites excluding steroid dienone is 1. The van der Waals surface area contributed by atoms with Crippen LogP contribution in [0.4, 0.5) is 5.69 Å². The average Bonchev–Trinajstić information content (AvgIpc) is 2.19. The van der Waals surface area contributed by atoms with E-state index in [1.54, 1.807) is 18.9 Å². The summed E-state index contributed by atoms with van der Waals surface area (Å²) < 4.78 is 5.26. The van der Waals surface area contributed by atoms with E-state index in [9.17, 15) is 0 Å². The largest absolute Gasteiger partial charge is 0.496 e. The molecule has 0 atom stereocenters. The van der Waals surface area contributed by atoms with Gasteiger partial charge in [-0.1, -0.05) is 11.6 Å². The highest BCUT2D eigenvalue weighted by Crippen LogP contribution is 2.31. The minimum Gasteiger partial charge on any atom is -0.496 e. The zero-order valence-corrected chi connectivity index (χ0v) is 10.2. The predicted octanol–water partition coefficient (Wildman–Crippen LogP) is 3.34. The van der Waals surface area contributed by atoms with Crippen molar-refractivity contribution >= 4 is 17.4 Å². The van der Waals surface area contributed by atoms with E-state index in [4.69, 9.17) is 10.5 Å². The second-order valence-corrected chi connectivity index (χ2v) is 4.56. The Kier molecular flexibility index (Phi) is 4.56. The SMILES string of the molecule is COc1cc(N)ccc1SCC=C(C)C. The van der Waals surface area contributed by atoms with Crippen molar-refractivity contribution in [2.75, 3.05) is 18.6 Å². The smallest absolute Gasteiger partial charge is 0.134 e. The van der Waals surface area contributed by atoms with Crippen molar-refractivity contribution in [1.82, 2.24) is 0 Å². The van der Waals surface area contributed by atoms with Crippen molar-refractivity contribution in [2.45, 2.75) is 18.7 Å². The maximum Gasteiger partial charge on any atom is 0.134 e. The summed E-state index contributed by atoms with van der Waals surface area (Å²) in [4.78, 5) is 1.13. The normalized spacial score (nSPS) is 9.80. The van der Waals surface area contributed by atoms with Crippen molar-refractivity contribution in [3.8, 4) is 5.75 Å². The molecule has 0 saturated carbocycles. The van der Waals surface area contributed by atoms with Crippen molar-refractivity contribution in [1.29, 1.82) is 0 Å². The molecule has 0 heterocycles. The number of ether oxygens (including phenoxy) is 1. The van der Waals surface area contributed by atoms with Gasteiger partial charge in [-0.15, -0.1) is 11.8 Å². The van der Waals surface area contributed by atoms with Gasteiger partial charge in [0.25, 0.3) is 0 Å². The van der Waals surface area contributed by atoms with Crippen LogP contribution in [0.3, 0.4) is 0 Å². The maximum atomic E-state index is 5.68. The molecule has 15 heavy (non-hydrogen) atoms. The number of hydrogen-bond donors (Lipinski definition) is 1. The van der Waals surface area contributed by atoms with E-state index in [-0.39, 0.29) is 0 Å². The molecule has 0 unspecified atom stereocenters. The van der Waals surface area contributed by atoms with Gasteiger partial charge < -0.3 is 10.5 Å². The Morgan fingerprint density at radius 2 is 2.20 bits per heavy atom. The Labute approximate surface area is 95.5 Å². The molecule has 0 saturated heterocycles. The number of benzene rings is 1. The van der Waals surface area contributed by atoms with Gasteiger partial charge in [-0.3, -0.25) is 0 Å². The Bertz CT molecular complexity index is 357. The highest BCUT2D eigenvalue weighted by Gasteiger charge is 2.02. The third-order valence-electron chi connectivity index (χ3n) is 1.92. The standard InChI is InChI=1S/C12H17NOS/c1-9(2)6-7-15-12-5-4-10(13)8-11(12)14-3/h4-6,8H,7,13H2,1-3H3. The molecule has 0 amide bonds. The molecule has 2 N–H and O–H groups in total. The van der Waals surface area contributed by atoms with E-state index in [1.807, 2.05) is 18.2 Å². The third-order valence-corrected chi connectivity index (χ3v) is 2.90. The number of rotatable bonds is 4. The summed E-state index contributed by atoms with van der Waals surface area (Å²) in [6, 6.07) is 5.75. The fraction of sp³-hybridized carbons (Fsp3) is 0.333. The summed E-state index contributed by atoms with van der Waals surface area (Å²) in [6.07, 6.45) is 2.19. The summed E-state index contributed by atoms with van der Waals surface area (Å²) in [5, 5.41) is 0. The molecule has 0 bridgehead atoms. The molecular formula is C12H17NOS. The molecule has 0 aromatic heterocycles. The quantitative estimate of drug-likeness (QED) is 0.483. The Hall–Kier alpha value is -1.09. The molecule has 2 nitrogen and oxygen atoms in total. The molecule has 1 aromatic rings. The molecule has 0 fully saturated rings. The van der Waals surface area contributed by atoms with Crippen molar-refractivity contribution in [2.24, 2.45) is 0 Å². The van der Waals surface area contributed by atoms with Crippen LogP contribution in [0.15, 0.2) is 34.7 Å². The topological polar surface area (TPSA) is 35.2 Å². The van der Waals surface area contributed by atoms with Crippen molar-refractivity contribution < 1.29 is 4.74 Å². The first-order valence-electron chi connectivity index (χ1n) is 4.83.